The van der Waals surface area contributed by atoms with Crippen molar-refractivity contribution in [2.24, 2.45) is 5.41 Å². The van der Waals surface area contributed by atoms with Crippen molar-refractivity contribution in [1.29, 1.82) is 0 Å². The Morgan fingerprint density at radius 3 is 2.45 bits per heavy atom. The van der Waals surface area contributed by atoms with Crippen LogP contribution in [0.3, 0.4) is 0 Å². The first-order valence-electron chi connectivity index (χ1n) is 6.95. The zero-order chi connectivity index (χ0) is 14.5. The molecule has 0 radical (unpaired) electrons. The molecule has 1 fully saturated rings. The van der Waals surface area contributed by atoms with Crippen molar-refractivity contribution >= 4 is 17.5 Å². The largest absolute Gasteiger partial charge is 0.467 e. The zero-order valence-electron chi connectivity index (χ0n) is 12.5. The van der Waals surface area contributed by atoms with Crippen molar-refractivity contribution in [3.05, 3.63) is 22.3 Å². The van der Waals surface area contributed by atoms with Crippen molar-refractivity contribution in [2.75, 3.05) is 19.7 Å². The second-order valence-corrected chi connectivity index (χ2v) is 6.84. The van der Waals surface area contributed by atoms with Gasteiger partial charge >= 0.3 is 0 Å². The summed E-state index contributed by atoms with van der Waals surface area (Å²) in [5, 5.41) is 0. The van der Waals surface area contributed by atoms with Gasteiger partial charge in [0.2, 0.25) is 0 Å². The molecule has 0 aromatic heterocycles. The average Bonchev–Trinajstić information content (AvgIpc) is 3.20. The fraction of sp³-hybridized carbons (Fsp3) is 0.562. The van der Waals surface area contributed by atoms with Gasteiger partial charge in [-0.3, -0.25) is 4.79 Å². The maximum Gasteiger partial charge on any atom is 0.188 e. The zero-order valence-corrected chi connectivity index (χ0v) is 13.3. The number of ether oxygens (including phenoxy) is 2. The van der Waals surface area contributed by atoms with E-state index in [0.717, 1.165) is 45.9 Å². The summed E-state index contributed by atoms with van der Waals surface area (Å²) in [6, 6.07) is 0. The van der Waals surface area contributed by atoms with Gasteiger partial charge in [0.1, 0.15) is 5.75 Å². The molecule has 1 aromatic rings. The van der Waals surface area contributed by atoms with Crippen molar-refractivity contribution in [3.63, 3.8) is 0 Å². The number of methoxy groups -OCH3 is 1. The van der Waals surface area contributed by atoms with Crippen LogP contribution in [0.2, 0.25) is 0 Å². The molecule has 0 amide bonds. The van der Waals surface area contributed by atoms with E-state index in [2.05, 4.69) is 13.8 Å². The molecular formula is C16H20O3S. The molecule has 1 aliphatic carbocycles. The molecule has 0 bridgehead atoms. The Balaban J connectivity index is 2.14. The summed E-state index contributed by atoms with van der Waals surface area (Å²) in [7, 11) is 1.61. The Morgan fingerprint density at radius 2 is 1.85 bits per heavy atom. The van der Waals surface area contributed by atoms with Crippen LogP contribution >= 0.6 is 11.8 Å². The van der Waals surface area contributed by atoms with Crippen molar-refractivity contribution < 1.29 is 14.3 Å². The number of hydrogen-bond acceptors (Lipinski definition) is 4. The monoisotopic (exact) mass is 292 g/mol. The lowest BCUT2D eigenvalue weighted by atomic mass is 9.89. The lowest BCUT2D eigenvalue weighted by Crippen LogP contribution is -2.26. The van der Waals surface area contributed by atoms with Gasteiger partial charge in [-0.25, -0.2) is 0 Å². The van der Waals surface area contributed by atoms with E-state index in [9.17, 15) is 4.79 Å². The highest BCUT2D eigenvalue weighted by molar-refractivity contribution is 7.99. The molecule has 0 unspecified atom stereocenters. The van der Waals surface area contributed by atoms with Gasteiger partial charge in [0, 0.05) is 34.3 Å². The first-order valence-corrected chi connectivity index (χ1v) is 7.93. The summed E-state index contributed by atoms with van der Waals surface area (Å²) in [5.74, 6) is 2.08. The number of rotatable bonds is 3. The molecule has 108 valence electrons. The van der Waals surface area contributed by atoms with Crippen LogP contribution in [0, 0.1) is 26.2 Å². The molecule has 0 N–H and O–H groups in total. The van der Waals surface area contributed by atoms with Gasteiger partial charge in [-0.15, -0.1) is 11.8 Å². The quantitative estimate of drug-likeness (QED) is 0.796. The minimum Gasteiger partial charge on any atom is -0.467 e. The lowest BCUT2D eigenvalue weighted by molar-refractivity contribution is 0.0498. The Morgan fingerprint density at radius 1 is 1.15 bits per heavy atom. The molecule has 3 rings (SSSR count). The highest BCUT2D eigenvalue weighted by Crippen LogP contribution is 2.57. The summed E-state index contributed by atoms with van der Waals surface area (Å²) in [5.41, 5.74) is 4.09. The van der Waals surface area contributed by atoms with Gasteiger partial charge < -0.3 is 9.47 Å². The Bertz CT molecular complexity index is 588. The first-order chi connectivity index (χ1) is 9.52. The number of fused-ring (bicyclic) bond motifs is 1. The van der Waals surface area contributed by atoms with Crippen LogP contribution in [0.1, 0.15) is 39.9 Å². The van der Waals surface area contributed by atoms with Crippen LogP contribution in [-0.2, 0) is 4.74 Å². The molecule has 1 saturated carbocycles. The van der Waals surface area contributed by atoms with Gasteiger partial charge in [0.05, 0.1) is 0 Å². The molecule has 4 heteroatoms. The third kappa shape index (κ3) is 1.89. The minimum absolute atomic E-state index is 0.0668. The van der Waals surface area contributed by atoms with Gasteiger partial charge in [0.15, 0.2) is 12.6 Å². The summed E-state index contributed by atoms with van der Waals surface area (Å²) in [6.45, 7) is 6.35. The normalized spacial score (nSPS) is 19.1. The summed E-state index contributed by atoms with van der Waals surface area (Å²) >= 11 is 1.84. The fourth-order valence-electron chi connectivity index (χ4n) is 2.94. The molecule has 1 heterocycles. The molecule has 2 aliphatic rings. The number of hydrogen-bond donors (Lipinski definition) is 0. The predicted octanol–water partition coefficient (Wildman–Crippen LogP) is 3.66. The standard InChI is InChI=1S/C16H20O3S/c1-9-10(2)14-12(11(3)13(9)19-8-18-4)15(17)16(5-6-16)7-20-14/h5-8H2,1-4H3. The Labute approximate surface area is 124 Å². The second-order valence-electron chi connectivity index (χ2n) is 5.86. The van der Waals surface area contributed by atoms with E-state index in [0.29, 0.717) is 5.78 Å². The Kier molecular flexibility index (Phi) is 3.33. The van der Waals surface area contributed by atoms with Gasteiger partial charge in [-0.1, -0.05) is 0 Å². The molecule has 3 nitrogen and oxygen atoms in total. The Hall–Kier alpha value is -1.000. The number of ketones is 1. The van der Waals surface area contributed by atoms with Crippen LogP contribution in [0.4, 0.5) is 0 Å². The predicted molar refractivity (Wildman–Crippen MR) is 79.9 cm³/mol. The fourth-order valence-corrected chi connectivity index (χ4v) is 4.54. The van der Waals surface area contributed by atoms with E-state index in [1.54, 1.807) is 7.11 Å². The average molecular weight is 292 g/mol. The van der Waals surface area contributed by atoms with Gasteiger partial charge in [0.25, 0.3) is 0 Å². The van der Waals surface area contributed by atoms with Crippen LogP contribution < -0.4 is 4.74 Å². The number of thioether (sulfide) groups is 1. The second kappa shape index (κ2) is 4.78. The summed E-state index contributed by atoms with van der Waals surface area (Å²) < 4.78 is 10.7. The van der Waals surface area contributed by atoms with E-state index in [-0.39, 0.29) is 12.2 Å². The van der Waals surface area contributed by atoms with E-state index < -0.39 is 0 Å². The number of benzene rings is 1. The molecule has 1 aromatic carbocycles. The van der Waals surface area contributed by atoms with Gasteiger partial charge in [-0.05, 0) is 44.7 Å². The maximum absolute atomic E-state index is 12.8. The van der Waals surface area contributed by atoms with Gasteiger partial charge in [-0.2, -0.15) is 0 Å². The van der Waals surface area contributed by atoms with Crippen LogP contribution in [0.15, 0.2) is 4.90 Å². The smallest absolute Gasteiger partial charge is 0.188 e. The highest BCUT2D eigenvalue weighted by Gasteiger charge is 2.53. The molecule has 0 atom stereocenters. The molecule has 0 saturated heterocycles. The van der Waals surface area contributed by atoms with Crippen molar-refractivity contribution in [3.8, 4) is 5.75 Å². The van der Waals surface area contributed by atoms with Crippen LogP contribution in [0.5, 0.6) is 5.75 Å². The lowest BCUT2D eigenvalue weighted by Gasteiger charge is -2.28. The molecule has 1 spiro atoms. The van der Waals surface area contributed by atoms with E-state index >= 15 is 0 Å². The third-order valence-corrected chi connectivity index (χ3v) is 6.06. The molecule has 20 heavy (non-hydrogen) atoms. The summed E-state index contributed by atoms with van der Waals surface area (Å²) in [4.78, 5) is 14.0. The van der Waals surface area contributed by atoms with Crippen molar-refractivity contribution in [2.45, 2.75) is 38.5 Å². The van der Waals surface area contributed by atoms with E-state index in [1.807, 2.05) is 18.7 Å². The molecule has 1 aliphatic heterocycles. The highest BCUT2D eigenvalue weighted by atomic mass is 32.2. The van der Waals surface area contributed by atoms with E-state index in [4.69, 9.17) is 9.47 Å². The number of carbonyl (C=O) groups excluding carboxylic acids is 1. The van der Waals surface area contributed by atoms with E-state index in [1.165, 1.54) is 5.56 Å². The number of Topliss-reactive ketones (excluding diaryl/α,β-unsaturated/α-hetero) is 1. The summed E-state index contributed by atoms with van der Waals surface area (Å²) in [6.07, 6.45) is 2.08. The third-order valence-electron chi connectivity index (χ3n) is 4.56. The first kappa shape index (κ1) is 14.0. The van der Waals surface area contributed by atoms with Crippen LogP contribution in [0.25, 0.3) is 0 Å². The van der Waals surface area contributed by atoms with Crippen molar-refractivity contribution in [1.82, 2.24) is 0 Å². The van der Waals surface area contributed by atoms with Crippen LogP contribution in [-0.4, -0.2) is 25.4 Å². The SMILES string of the molecule is COCOc1c(C)c(C)c2c(c1C)C(=O)C1(CC1)CS2. The minimum atomic E-state index is -0.0668. The topological polar surface area (TPSA) is 35.5 Å². The maximum atomic E-state index is 12.8. The number of carbonyl (C=O) groups is 1. The molecular weight excluding hydrogens is 272 g/mol.